The number of halogens is 1. The fraction of sp³-hybridized carbons (Fsp3) is 0.625. The zero-order valence-electron chi connectivity index (χ0n) is 7.93. The summed E-state index contributed by atoms with van der Waals surface area (Å²) in [6, 6.07) is 0. The molecule has 0 N–H and O–H groups in total. The van der Waals surface area contributed by atoms with Crippen molar-refractivity contribution in [2.75, 3.05) is 6.61 Å². The third-order valence-corrected chi connectivity index (χ3v) is 3.11. The van der Waals surface area contributed by atoms with Crippen LogP contribution in [0.3, 0.4) is 0 Å². The van der Waals surface area contributed by atoms with Gasteiger partial charge in [-0.1, -0.05) is 0 Å². The molecule has 0 bridgehead atoms. The summed E-state index contributed by atoms with van der Waals surface area (Å²) in [5.74, 6) is 0. The molecule has 82 valence electrons. The van der Waals surface area contributed by atoms with Gasteiger partial charge in [-0.3, -0.25) is 10.1 Å². The van der Waals surface area contributed by atoms with E-state index in [-0.39, 0.29) is 11.9 Å². The van der Waals surface area contributed by atoms with Crippen LogP contribution < -0.4 is 0 Å². The standard InChI is InChI=1S/C8H10BrN3O3/c9-8-6(12(13)14)5-10-11(8)7-3-1-2-4-15-7/h5,7H,1-4H2. The van der Waals surface area contributed by atoms with Crippen LogP contribution in [0.5, 0.6) is 0 Å². The Balaban J connectivity index is 2.24. The third-order valence-electron chi connectivity index (χ3n) is 2.34. The molecule has 1 aromatic rings. The topological polar surface area (TPSA) is 70.2 Å². The monoisotopic (exact) mass is 275 g/mol. The van der Waals surface area contributed by atoms with Crippen LogP contribution in [-0.2, 0) is 4.74 Å². The Hall–Kier alpha value is -0.950. The van der Waals surface area contributed by atoms with Crippen LogP contribution in [0.4, 0.5) is 5.69 Å². The highest BCUT2D eigenvalue weighted by molar-refractivity contribution is 9.10. The molecule has 0 saturated carbocycles. The van der Waals surface area contributed by atoms with Gasteiger partial charge in [0, 0.05) is 6.61 Å². The minimum absolute atomic E-state index is 0.0239. The second-order valence-electron chi connectivity index (χ2n) is 3.34. The maximum atomic E-state index is 10.6. The van der Waals surface area contributed by atoms with Crippen molar-refractivity contribution in [2.24, 2.45) is 0 Å². The average molecular weight is 276 g/mol. The van der Waals surface area contributed by atoms with Crippen molar-refractivity contribution in [1.29, 1.82) is 0 Å². The Morgan fingerprint density at radius 1 is 1.67 bits per heavy atom. The summed E-state index contributed by atoms with van der Waals surface area (Å²) in [5, 5.41) is 14.6. The number of hydrogen-bond acceptors (Lipinski definition) is 4. The van der Waals surface area contributed by atoms with Gasteiger partial charge in [0.1, 0.15) is 6.20 Å². The van der Waals surface area contributed by atoms with Gasteiger partial charge in [0.05, 0.1) is 4.92 Å². The summed E-state index contributed by atoms with van der Waals surface area (Å²) >= 11 is 3.17. The van der Waals surface area contributed by atoms with Gasteiger partial charge in [-0.15, -0.1) is 0 Å². The maximum Gasteiger partial charge on any atom is 0.321 e. The van der Waals surface area contributed by atoms with Crippen molar-refractivity contribution in [3.63, 3.8) is 0 Å². The lowest BCUT2D eigenvalue weighted by atomic mass is 10.2. The van der Waals surface area contributed by atoms with Gasteiger partial charge in [-0.05, 0) is 35.2 Å². The molecular weight excluding hydrogens is 266 g/mol. The number of nitrogens with zero attached hydrogens (tertiary/aromatic N) is 3. The normalized spacial score (nSPS) is 21.5. The van der Waals surface area contributed by atoms with Crippen LogP contribution in [0.15, 0.2) is 10.8 Å². The average Bonchev–Trinajstić information content (AvgIpc) is 2.61. The van der Waals surface area contributed by atoms with Crippen LogP contribution in [0.25, 0.3) is 0 Å². The molecule has 1 aliphatic heterocycles. The molecule has 1 saturated heterocycles. The molecule has 1 unspecified atom stereocenters. The summed E-state index contributed by atoms with van der Waals surface area (Å²) in [5.41, 5.74) is -0.0239. The van der Waals surface area contributed by atoms with E-state index in [4.69, 9.17) is 4.74 Å². The Morgan fingerprint density at radius 2 is 2.47 bits per heavy atom. The second kappa shape index (κ2) is 4.28. The van der Waals surface area contributed by atoms with Crippen LogP contribution >= 0.6 is 15.9 Å². The van der Waals surface area contributed by atoms with Crippen molar-refractivity contribution in [1.82, 2.24) is 9.78 Å². The Labute approximate surface area is 94.5 Å². The highest BCUT2D eigenvalue weighted by Crippen LogP contribution is 2.30. The lowest BCUT2D eigenvalue weighted by Gasteiger charge is -2.22. The molecule has 6 nitrogen and oxygen atoms in total. The number of rotatable bonds is 2. The van der Waals surface area contributed by atoms with Crippen LogP contribution in [-0.4, -0.2) is 21.3 Å². The van der Waals surface area contributed by atoms with Crippen LogP contribution in [0.1, 0.15) is 25.5 Å². The minimum atomic E-state index is -0.462. The van der Waals surface area contributed by atoms with E-state index < -0.39 is 4.92 Å². The van der Waals surface area contributed by atoms with Gasteiger partial charge >= 0.3 is 5.69 Å². The molecule has 1 fully saturated rings. The first-order valence-electron chi connectivity index (χ1n) is 4.69. The molecule has 0 amide bonds. The first-order valence-corrected chi connectivity index (χ1v) is 5.48. The fourth-order valence-electron chi connectivity index (χ4n) is 1.58. The summed E-state index contributed by atoms with van der Waals surface area (Å²) in [4.78, 5) is 10.1. The van der Waals surface area contributed by atoms with E-state index in [1.807, 2.05) is 0 Å². The Kier molecular flexibility index (Phi) is 3.01. The fourth-order valence-corrected chi connectivity index (χ4v) is 2.15. The van der Waals surface area contributed by atoms with Crippen molar-refractivity contribution < 1.29 is 9.66 Å². The quantitative estimate of drug-likeness (QED) is 0.613. The molecule has 7 heteroatoms. The van der Waals surface area contributed by atoms with E-state index in [9.17, 15) is 10.1 Å². The first-order chi connectivity index (χ1) is 7.20. The van der Waals surface area contributed by atoms with E-state index in [0.717, 1.165) is 19.3 Å². The largest absolute Gasteiger partial charge is 0.356 e. The summed E-state index contributed by atoms with van der Waals surface area (Å²) in [7, 11) is 0. The molecule has 2 heterocycles. The first kappa shape index (κ1) is 10.6. The summed E-state index contributed by atoms with van der Waals surface area (Å²) < 4.78 is 7.39. The highest BCUT2D eigenvalue weighted by atomic mass is 79.9. The van der Waals surface area contributed by atoms with E-state index in [2.05, 4.69) is 21.0 Å². The second-order valence-corrected chi connectivity index (χ2v) is 4.09. The van der Waals surface area contributed by atoms with E-state index >= 15 is 0 Å². The van der Waals surface area contributed by atoms with Gasteiger partial charge in [0.25, 0.3) is 0 Å². The lowest BCUT2D eigenvalue weighted by molar-refractivity contribution is -0.385. The molecule has 0 radical (unpaired) electrons. The minimum Gasteiger partial charge on any atom is -0.356 e. The Morgan fingerprint density at radius 3 is 3.00 bits per heavy atom. The van der Waals surface area contributed by atoms with Crippen molar-refractivity contribution in [3.8, 4) is 0 Å². The molecular formula is C8H10BrN3O3. The molecule has 1 aromatic heterocycles. The molecule has 15 heavy (non-hydrogen) atoms. The van der Waals surface area contributed by atoms with Gasteiger partial charge in [-0.25, -0.2) is 4.68 Å². The Bertz CT molecular complexity index is 373. The molecule has 0 spiro atoms. The maximum absolute atomic E-state index is 10.6. The number of aromatic nitrogens is 2. The third kappa shape index (κ3) is 2.03. The molecule has 1 atom stereocenters. The number of nitro groups is 1. The smallest absolute Gasteiger partial charge is 0.321 e. The highest BCUT2D eigenvalue weighted by Gasteiger charge is 2.24. The van der Waals surface area contributed by atoms with Gasteiger partial charge in [0.2, 0.25) is 0 Å². The SMILES string of the molecule is O=[N+]([O-])c1cnn(C2CCCCO2)c1Br. The molecule has 1 aliphatic rings. The summed E-state index contributed by atoms with van der Waals surface area (Å²) in [6.45, 7) is 0.685. The van der Waals surface area contributed by atoms with Crippen LogP contribution in [0.2, 0.25) is 0 Å². The zero-order valence-corrected chi connectivity index (χ0v) is 9.51. The number of ether oxygens (including phenoxy) is 1. The van der Waals surface area contributed by atoms with Crippen molar-refractivity contribution in [2.45, 2.75) is 25.5 Å². The van der Waals surface area contributed by atoms with Crippen molar-refractivity contribution in [3.05, 3.63) is 20.9 Å². The lowest BCUT2D eigenvalue weighted by Crippen LogP contribution is -2.19. The predicted octanol–water partition coefficient (Wildman–Crippen LogP) is 2.25. The zero-order chi connectivity index (χ0) is 10.8. The van der Waals surface area contributed by atoms with Crippen molar-refractivity contribution >= 4 is 21.6 Å². The summed E-state index contributed by atoms with van der Waals surface area (Å²) in [6.07, 6.45) is 4.00. The molecule has 0 aliphatic carbocycles. The van der Waals surface area contributed by atoms with E-state index in [1.165, 1.54) is 10.9 Å². The molecule has 2 rings (SSSR count). The van der Waals surface area contributed by atoms with E-state index in [0.29, 0.717) is 11.2 Å². The predicted molar refractivity (Wildman–Crippen MR) is 55.4 cm³/mol. The van der Waals surface area contributed by atoms with Crippen LogP contribution in [0, 0.1) is 10.1 Å². The number of hydrogen-bond donors (Lipinski definition) is 0. The van der Waals surface area contributed by atoms with Gasteiger partial charge < -0.3 is 4.74 Å². The van der Waals surface area contributed by atoms with E-state index in [1.54, 1.807) is 0 Å². The van der Waals surface area contributed by atoms with Gasteiger partial charge in [-0.2, -0.15) is 5.10 Å². The van der Waals surface area contributed by atoms with Gasteiger partial charge in [0.15, 0.2) is 10.8 Å². The molecule has 0 aromatic carbocycles.